The van der Waals surface area contributed by atoms with Crippen LogP contribution in [-0.2, 0) is 19.6 Å². The van der Waals surface area contributed by atoms with Crippen LogP contribution in [0.1, 0.15) is 31.7 Å². The van der Waals surface area contributed by atoms with Crippen LogP contribution in [0.15, 0.2) is 41.3 Å². The first kappa shape index (κ1) is 19.4. The molecule has 0 heterocycles. The van der Waals surface area contributed by atoms with Gasteiger partial charge in [-0.1, -0.05) is 49.6 Å². The number of hydrogen-bond acceptors (Lipinski definition) is 4. The molecule has 0 fully saturated rings. The van der Waals surface area contributed by atoms with Gasteiger partial charge in [0.25, 0.3) is 0 Å². The average molecular weight is 339 g/mol. The minimum Gasteiger partial charge on any atom is -0.469 e. The van der Waals surface area contributed by atoms with Gasteiger partial charge in [0.2, 0.25) is 10.0 Å². The van der Waals surface area contributed by atoms with Crippen molar-refractivity contribution < 1.29 is 17.9 Å². The first-order valence-electron chi connectivity index (χ1n) is 7.71. The second-order valence-electron chi connectivity index (χ2n) is 5.36. The van der Waals surface area contributed by atoms with Gasteiger partial charge in [-0.2, -0.15) is 0 Å². The van der Waals surface area contributed by atoms with Crippen LogP contribution in [0.4, 0.5) is 0 Å². The molecule has 0 aliphatic rings. The first-order chi connectivity index (χ1) is 10.9. The molecule has 0 bridgehead atoms. The van der Waals surface area contributed by atoms with Gasteiger partial charge < -0.3 is 4.74 Å². The molecular weight excluding hydrogens is 314 g/mol. The number of ether oxygens (including phenoxy) is 1. The number of carbonyl (C=O) groups is 1. The lowest BCUT2D eigenvalue weighted by Crippen LogP contribution is -2.24. The maximum atomic E-state index is 12.1. The number of rotatable bonds is 9. The molecule has 0 aliphatic carbocycles. The van der Waals surface area contributed by atoms with Crippen LogP contribution in [0.25, 0.3) is 0 Å². The Morgan fingerprint density at radius 1 is 1.30 bits per heavy atom. The van der Waals surface area contributed by atoms with E-state index in [1.54, 1.807) is 36.4 Å². The number of esters is 1. The molecule has 1 atom stereocenters. The Labute approximate surface area is 138 Å². The molecular formula is C17H25NO4S. The molecule has 0 aromatic heterocycles. The fourth-order valence-electron chi connectivity index (χ4n) is 2.06. The van der Waals surface area contributed by atoms with Crippen molar-refractivity contribution in [3.8, 4) is 0 Å². The van der Waals surface area contributed by atoms with E-state index in [4.69, 9.17) is 4.74 Å². The summed E-state index contributed by atoms with van der Waals surface area (Å²) in [4.78, 5) is 11.9. The summed E-state index contributed by atoms with van der Waals surface area (Å²) >= 11 is 0. The van der Waals surface area contributed by atoms with Gasteiger partial charge >= 0.3 is 5.97 Å². The zero-order valence-corrected chi connectivity index (χ0v) is 14.7. The molecule has 0 amide bonds. The number of carbonyl (C=O) groups excluding carboxylic acids is 1. The maximum Gasteiger partial charge on any atom is 0.312 e. The number of benzene rings is 1. The standard InChI is InChI=1S/C17H25NO4S/c1-4-5-7-15(17(19)22-3)8-6-13-18-23(20,21)16-11-9-14(2)10-12-16/h6,8-12,15,18H,4-5,7,13H2,1-3H3/b8-6+/t15-/m1/s1. The largest absolute Gasteiger partial charge is 0.469 e. The molecule has 23 heavy (non-hydrogen) atoms. The number of nitrogens with one attached hydrogen (secondary N) is 1. The third-order valence-corrected chi connectivity index (χ3v) is 4.90. The van der Waals surface area contributed by atoms with E-state index in [-0.39, 0.29) is 23.3 Å². The van der Waals surface area contributed by atoms with E-state index >= 15 is 0 Å². The Morgan fingerprint density at radius 3 is 2.52 bits per heavy atom. The molecule has 1 rings (SSSR count). The molecule has 0 saturated heterocycles. The lowest BCUT2D eigenvalue weighted by molar-refractivity contribution is -0.143. The number of hydrogen-bond donors (Lipinski definition) is 1. The normalized spacial score (nSPS) is 13.2. The summed E-state index contributed by atoms with van der Waals surface area (Å²) in [5.74, 6) is -0.625. The highest BCUT2D eigenvalue weighted by Gasteiger charge is 2.15. The second kappa shape index (κ2) is 9.47. The molecule has 1 N–H and O–H groups in total. The molecule has 1 aromatic carbocycles. The highest BCUT2D eigenvalue weighted by molar-refractivity contribution is 7.89. The maximum absolute atomic E-state index is 12.1. The summed E-state index contributed by atoms with van der Waals surface area (Å²) in [6.07, 6.45) is 5.97. The van der Waals surface area contributed by atoms with Crippen LogP contribution in [0.2, 0.25) is 0 Å². The fraction of sp³-hybridized carbons (Fsp3) is 0.471. The van der Waals surface area contributed by atoms with E-state index in [1.807, 2.05) is 13.8 Å². The van der Waals surface area contributed by atoms with E-state index in [0.29, 0.717) is 6.42 Å². The Balaban J connectivity index is 2.62. The quantitative estimate of drug-likeness (QED) is 0.555. The van der Waals surface area contributed by atoms with Crippen molar-refractivity contribution in [2.45, 2.75) is 38.0 Å². The molecule has 6 heteroatoms. The molecule has 0 spiro atoms. The summed E-state index contributed by atoms with van der Waals surface area (Å²) in [5.41, 5.74) is 1.00. The van der Waals surface area contributed by atoms with E-state index in [0.717, 1.165) is 18.4 Å². The van der Waals surface area contributed by atoms with Crippen LogP contribution in [-0.4, -0.2) is 28.0 Å². The number of methoxy groups -OCH3 is 1. The van der Waals surface area contributed by atoms with Crippen molar-refractivity contribution in [3.05, 3.63) is 42.0 Å². The van der Waals surface area contributed by atoms with Gasteiger partial charge in [0.05, 0.1) is 17.9 Å². The molecule has 0 unspecified atom stereocenters. The highest BCUT2D eigenvalue weighted by atomic mass is 32.2. The van der Waals surface area contributed by atoms with Crippen molar-refractivity contribution in [3.63, 3.8) is 0 Å². The first-order valence-corrected chi connectivity index (χ1v) is 9.20. The van der Waals surface area contributed by atoms with E-state index in [9.17, 15) is 13.2 Å². The fourth-order valence-corrected chi connectivity index (χ4v) is 3.04. The monoisotopic (exact) mass is 339 g/mol. The topological polar surface area (TPSA) is 72.5 Å². The van der Waals surface area contributed by atoms with Crippen LogP contribution >= 0.6 is 0 Å². The summed E-state index contributed by atoms with van der Waals surface area (Å²) in [6.45, 7) is 4.08. The SMILES string of the molecule is CCCC[C@H](/C=C/CNS(=O)(=O)c1ccc(C)cc1)C(=O)OC. The smallest absolute Gasteiger partial charge is 0.312 e. The van der Waals surface area contributed by atoms with E-state index in [1.165, 1.54) is 7.11 Å². The third kappa shape index (κ3) is 6.54. The van der Waals surface area contributed by atoms with E-state index < -0.39 is 10.0 Å². The van der Waals surface area contributed by atoms with Crippen molar-refractivity contribution in [2.75, 3.05) is 13.7 Å². The van der Waals surface area contributed by atoms with Crippen LogP contribution in [0.5, 0.6) is 0 Å². The Kier molecular flexibility index (Phi) is 7.98. The Bertz CT molecular complexity index is 620. The summed E-state index contributed by atoms with van der Waals surface area (Å²) in [6, 6.07) is 6.64. The lowest BCUT2D eigenvalue weighted by atomic mass is 10.0. The van der Waals surface area contributed by atoms with Gasteiger partial charge in [0.15, 0.2) is 0 Å². The number of aryl methyl sites for hydroxylation is 1. The van der Waals surface area contributed by atoms with Crippen molar-refractivity contribution in [1.29, 1.82) is 0 Å². The summed E-state index contributed by atoms with van der Waals surface area (Å²) in [5, 5.41) is 0. The summed E-state index contributed by atoms with van der Waals surface area (Å²) in [7, 11) is -2.18. The zero-order chi connectivity index (χ0) is 17.3. The van der Waals surface area contributed by atoms with Gasteiger partial charge in [0.1, 0.15) is 0 Å². The van der Waals surface area contributed by atoms with Crippen LogP contribution in [0, 0.1) is 12.8 Å². The zero-order valence-electron chi connectivity index (χ0n) is 13.9. The van der Waals surface area contributed by atoms with E-state index in [2.05, 4.69) is 4.72 Å². The molecule has 0 saturated carbocycles. The van der Waals surface area contributed by atoms with Crippen LogP contribution < -0.4 is 4.72 Å². The summed E-state index contributed by atoms with van der Waals surface area (Å²) < 4.78 is 31.5. The minimum absolute atomic E-state index is 0.135. The second-order valence-corrected chi connectivity index (χ2v) is 7.13. The average Bonchev–Trinajstić information content (AvgIpc) is 2.53. The van der Waals surface area contributed by atoms with Crippen molar-refractivity contribution >= 4 is 16.0 Å². The van der Waals surface area contributed by atoms with Gasteiger partial charge in [0, 0.05) is 6.54 Å². The van der Waals surface area contributed by atoms with Gasteiger partial charge in [-0.15, -0.1) is 0 Å². The third-order valence-electron chi connectivity index (χ3n) is 3.46. The van der Waals surface area contributed by atoms with Gasteiger partial charge in [-0.05, 0) is 25.5 Å². The molecule has 128 valence electrons. The molecule has 0 aliphatic heterocycles. The lowest BCUT2D eigenvalue weighted by Gasteiger charge is -2.09. The predicted molar refractivity (Wildman–Crippen MR) is 90.5 cm³/mol. The number of unbranched alkanes of at least 4 members (excludes halogenated alkanes) is 1. The van der Waals surface area contributed by atoms with Gasteiger partial charge in [-0.3, -0.25) is 4.79 Å². The molecule has 1 aromatic rings. The Hall–Kier alpha value is -1.66. The molecule has 5 nitrogen and oxygen atoms in total. The van der Waals surface area contributed by atoms with Crippen molar-refractivity contribution in [2.24, 2.45) is 5.92 Å². The highest BCUT2D eigenvalue weighted by Crippen LogP contribution is 2.12. The minimum atomic E-state index is -3.54. The molecule has 0 radical (unpaired) electrons. The van der Waals surface area contributed by atoms with Gasteiger partial charge in [-0.25, -0.2) is 13.1 Å². The van der Waals surface area contributed by atoms with Crippen molar-refractivity contribution in [1.82, 2.24) is 4.72 Å². The Morgan fingerprint density at radius 2 is 1.96 bits per heavy atom. The number of sulfonamides is 1. The predicted octanol–water partition coefficient (Wildman–Crippen LogP) is 2.81. The van der Waals surface area contributed by atoms with Crippen LogP contribution in [0.3, 0.4) is 0 Å².